The summed E-state index contributed by atoms with van der Waals surface area (Å²) in [7, 11) is 0. The molecule has 0 spiro atoms. The zero-order chi connectivity index (χ0) is 11.5. The Morgan fingerprint density at radius 1 is 1.12 bits per heavy atom. The lowest BCUT2D eigenvalue weighted by Gasteiger charge is -2.08. The second-order valence-electron chi connectivity index (χ2n) is 3.78. The molecule has 2 aromatic carbocycles. The Labute approximate surface area is 94.2 Å². The molecule has 0 aliphatic rings. The van der Waals surface area contributed by atoms with Crippen LogP contribution >= 0.6 is 0 Å². The van der Waals surface area contributed by atoms with Gasteiger partial charge in [-0.15, -0.1) is 0 Å². The molecule has 16 heavy (non-hydrogen) atoms. The minimum atomic E-state index is -0.249. The Morgan fingerprint density at radius 3 is 2.44 bits per heavy atom. The van der Waals surface area contributed by atoms with E-state index in [1.165, 1.54) is 6.07 Å². The highest BCUT2D eigenvalue weighted by molar-refractivity contribution is 5.65. The molecule has 1 N–H and O–H groups in total. The van der Waals surface area contributed by atoms with Gasteiger partial charge in [-0.1, -0.05) is 30.3 Å². The van der Waals surface area contributed by atoms with Crippen molar-refractivity contribution in [2.45, 2.75) is 13.5 Å². The maximum Gasteiger partial charge on any atom is 0.131 e. The van der Waals surface area contributed by atoms with E-state index in [4.69, 9.17) is 5.11 Å². The summed E-state index contributed by atoms with van der Waals surface area (Å²) in [5, 5.41) is 9.16. The molecule has 2 aromatic rings. The van der Waals surface area contributed by atoms with Gasteiger partial charge in [-0.25, -0.2) is 4.39 Å². The molecule has 0 heterocycles. The first-order valence-corrected chi connectivity index (χ1v) is 5.17. The number of aliphatic hydroxyl groups is 1. The van der Waals surface area contributed by atoms with Gasteiger partial charge in [0, 0.05) is 5.56 Å². The molecule has 0 atom stereocenters. The van der Waals surface area contributed by atoms with Crippen LogP contribution in [0.1, 0.15) is 11.1 Å². The fourth-order valence-corrected chi connectivity index (χ4v) is 1.73. The number of rotatable bonds is 2. The lowest BCUT2D eigenvalue weighted by Crippen LogP contribution is -1.93. The zero-order valence-electron chi connectivity index (χ0n) is 9.07. The molecule has 0 fully saturated rings. The van der Waals surface area contributed by atoms with E-state index in [1.807, 2.05) is 30.3 Å². The number of halogens is 1. The predicted octanol–water partition coefficient (Wildman–Crippen LogP) is 3.29. The van der Waals surface area contributed by atoms with Crippen LogP contribution in [-0.4, -0.2) is 5.11 Å². The van der Waals surface area contributed by atoms with Gasteiger partial charge in [-0.05, 0) is 35.7 Å². The van der Waals surface area contributed by atoms with Crippen LogP contribution in [0.5, 0.6) is 0 Å². The van der Waals surface area contributed by atoms with Crippen LogP contribution in [0.2, 0.25) is 0 Å². The maximum absolute atomic E-state index is 13.8. The van der Waals surface area contributed by atoms with E-state index < -0.39 is 0 Å². The minimum absolute atomic E-state index is 0.0635. The van der Waals surface area contributed by atoms with Gasteiger partial charge in [-0.2, -0.15) is 0 Å². The molecule has 0 unspecified atom stereocenters. The summed E-state index contributed by atoms with van der Waals surface area (Å²) in [4.78, 5) is 0. The third kappa shape index (κ3) is 1.97. The van der Waals surface area contributed by atoms with Crippen molar-refractivity contribution in [2.75, 3.05) is 0 Å². The van der Waals surface area contributed by atoms with Crippen LogP contribution in [0.4, 0.5) is 4.39 Å². The van der Waals surface area contributed by atoms with Crippen molar-refractivity contribution >= 4 is 0 Å². The lowest BCUT2D eigenvalue weighted by molar-refractivity contribution is 0.281. The Hall–Kier alpha value is -1.67. The first-order chi connectivity index (χ1) is 7.72. The Morgan fingerprint density at radius 2 is 1.81 bits per heavy atom. The molecule has 0 aromatic heterocycles. The quantitative estimate of drug-likeness (QED) is 0.816. The molecule has 0 amide bonds. The van der Waals surface area contributed by atoms with Gasteiger partial charge >= 0.3 is 0 Å². The first-order valence-electron chi connectivity index (χ1n) is 5.17. The lowest BCUT2D eigenvalue weighted by atomic mass is 9.99. The molecule has 0 bridgehead atoms. The smallest absolute Gasteiger partial charge is 0.131 e. The predicted molar refractivity (Wildman–Crippen MR) is 62.5 cm³/mol. The SMILES string of the molecule is Cc1cc(F)c(-c2ccccc2)cc1CO. The van der Waals surface area contributed by atoms with E-state index in [0.717, 1.165) is 16.7 Å². The van der Waals surface area contributed by atoms with Crippen LogP contribution in [-0.2, 0) is 6.61 Å². The Bertz CT molecular complexity index is 492. The highest BCUT2D eigenvalue weighted by Crippen LogP contribution is 2.25. The van der Waals surface area contributed by atoms with Gasteiger partial charge in [0.15, 0.2) is 0 Å². The molecule has 0 radical (unpaired) electrons. The molecule has 2 heteroatoms. The van der Waals surface area contributed by atoms with Gasteiger partial charge in [0.05, 0.1) is 6.61 Å². The summed E-state index contributed by atoms with van der Waals surface area (Å²) in [6, 6.07) is 12.5. The minimum Gasteiger partial charge on any atom is -0.392 e. The zero-order valence-corrected chi connectivity index (χ0v) is 9.07. The number of hydrogen-bond donors (Lipinski definition) is 1. The maximum atomic E-state index is 13.8. The van der Waals surface area contributed by atoms with Crippen molar-refractivity contribution in [2.24, 2.45) is 0 Å². The highest BCUT2D eigenvalue weighted by atomic mass is 19.1. The second-order valence-corrected chi connectivity index (χ2v) is 3.78. The average Bonchev–Trinajstić information content (AvgIpc) is 2.30. The monoisotopic (exact) mass is 216 g/mol. The molecule has 1 nitrogen and oxygen atoms in total. The highest BCUT2D eigenvalue weighted by Gasteiger charge is 2.08. The van der Waals surface area contributed by atoms with E-state index in [9.17, 15) is 4.39 Å². The van der Waals surface area contributed by atoms with Crippen molar-refractivity contribution < 1.29 is 9.50 Å². The number of hydrogen-bond acceptors (Lipinski definition) is 1. The fourth-order valence-electron chi connectivity index (χ4n) is 1.73. The van der Waals surface area contributed by atoms with Crippen LogP contribution in [0, 0.1) is 12.7 Å². The largest absolute Gasteiger partial charge is 0.392 e. The van der Waals surface area contributed by atoms with Crippen molar-refractivity contribution in [3.8, 4) is 11.1 Å². The van der Waals surface area contributed by atoms with Gasteiger partial charge < -0.3 is 5.11 Å². The third-order valence-corrected chi connectivity index (χ3v) is 2.68. The molecular weight excluding hydrogens is 203 g/mol. The van der Waals surface area contributed by atoms with Crippen molar-refractivity contribution in [3.05, 3.63) is 59.4 Å². The van der Waals surface area contributed by atoms with Gasteiger partial charge in [-0.3, -0.25) is 0 Å². The standard InChI is InChI=1S/C14H13FO/c1-10-7-14(15)13(8-12(10)9-16)11-5-3-2-4-6-11/h2-8,16H,9H2,1H3. The average molecular weight is 216 g/mol. The van der Waals surface area contributed by atoms with E-state index in [1.54, 1.807) is 13.0 Å². The summed E-state index contributed by atoms with van der Waals surface area (Å²) < 4.78 is 13.8. The molecular formula is C14H13FO. The molecule has 2 rings (SSSR count). The van der Waals surface area contributed by atoms with Crippen LogP contribution < -0.4 is 0 Å². The molecule has 82 valence electrons. The summed E-state index contributed by atoms with van der Waals surface area (Å²) in [6.07, 6.45) is 0. The van der Waals surface area contributed by atoms with Gasteiger partial charge in [0.25, 0.3) is 0 Å². The molecule has 0 aliphatic carbocycles. The van der Waals surface area contributed by atoms with E-state index in [2.05, 4.69) is 0 Å². The van der Waals surface area contributed by atoms with Gasteiger partial charge in [0.2, 0.25) is 0 Å². The normalized spacial score (nSPS) is 10.4. The number of aliphatic hydroxyl groups excluding tert-OH is 1. The van der Waals surface area contributed by atoms with E-state index in [0.29, 0.717) is 5.56 Å². The second kappa shape index (κ2) is 4.45. The van der Waals surface area contributed by atoms with Crippen LogP contribution in [0.15, 0.2) is 42.5 Å². The van der Waals surface area contributed by atoms with Crippen molar-refractivity contribution in [3.63, 3.8) is 0 Å². The third-order valence-electron chi connectivity index (χ3n) is 2.68. The molecule has 0 saturated heterocycles. The van der Waals surface area contributed by atoms with Crippen molar-refractivity contribution in [1.29, 1.82) is 0 Å². The van der Waals surface area contributed by atoms with E-state index >= 15 is 0 Å². The van der Waals surface area contributed by atoms with E-state index in [-0.39, 0.29) is 12.4 Å². The number of aryl methyl sites for hydroxylation is 1. The Kier molecular flexibility index (Phi) is 3.02. The molecule has 0 saturated carbocycles. The van der Waals surface area contributed by atoms with Crippen LogP contribution in [0.3, 0.4) is 0 Å². The first kappa shape index (κ1) is 10.8. The number of benzene rings is 2. The Balaban J connectivity index is 2.57. The topological polar surface area (TPSA) is 20.2 Å². The van der Waals surface area contributed by atoms with Gasteiger partial charge in [0.1, 0.15) is 5.82 Å². The summed E-state index contributed by atoms with van der Waals surface area (Å²) in [5.41, 5.74) is 2.91. The van der Waals surface area contributed by atoms with Crippen LogP contribution in [0.25, 0.3) is 11.1 Å². The summed E-state index contributed by atoms with van der Waals surface area (Å²) in [6.45, 7) is 1.73. The fraction of sp³-hybridized carbons (Fsp3) is 0.143. The van der Waals surface area contributed by atoms with Crippen molar-refractivity contribution in [1.82, 2.24) is 0 Å². The summed E-state index contributed by atoms with van der Waals surface area (Å²) >= 11 is 0. The molecule has 0 aliphatic heterocycles. The summed E-state index contributed by atoms with van der Waals surface area (Å²) in [5.74, 6) is -0.249.